The van der Waals surface area contributed by atoms with Gasteiger partial charge in [0.1, 0.15) is 6.61 Å². The van der Waals surface area contributed by atoms with E-state index in [0.717, 1.165) is 5.56 Å². The number of nitrogens with zero attached hydrogens (tertiary/aromatic N) is 2. The van der Waals surface area contributed by atoms with Crippen molar-refractivity contribution in [3.05, 3.63) is 54.4 Å². The number of aromatic nitrogens is 1. The van der Waals surface area contributed by atoms with E-state index in [-0.39, 0.29) is 12.5 Å². The molecule has 2 aromatic rings. The number of carbonyl (C=O) groups is 1. The molecule has 6 heteroatoms. The number of nitrogens with one attached hydrogen (secondary N) is 1. The zero-order valence-corrected chi connectivity index (χ0v) is 11.1. The molecule has 1 unspecified atom stereocenters. The van der Waals surface area contributed by atoms with Gasteiger partial charge in [0.15, 0.2) is 11.5 Å². The summed E-state index contributed by atoms with van der Waals surface area (Å²) in [6.07, 6.45) is 4.13. The van der Waals surface area contributed by atoms with Crippen LogP contribution in [0.25, 0.3) is 0 Å². The maximum atomic E-state index is 12.0. The number of amides is 1. The third-order valence-corrected chi connectivity index (χ3v) is 2.90. The van der Waals surface area contributed by atoms with Crippen LogP contribution < -0.4 is 14.9 Å². The molecule has 0 saturated carbocycles. The van der Waals surface area contributed by atoms with Crippen molar-refractivity contribution in [1.82, 2.24) is 10.4 Å². The Balaban J connectivity index is 1.59. The lowest BCUT2D eigenvalue weighted by Gasteiger charge is -2.24. The molecule has 21 heavy (non-hydrogen) atoms. The first kappa shape index (κ1) is 13.1. The van der Waals surface area contributed by atoms with Crippen molar-refractivity contribution in [3.63, 3.8) is 0 Å². The van der Waals surface area contributed by atoms with Crippen LogP contribution in [0.5, 0.6) is 11.5 Å². The summed E-state index contributed by atoms with van der Waals surface area (Å²) in [5.74, 6) is 0.846. The van der Waals surface area contributed by atoms with Crippen LogP contribution in [-0.4, -0.2) is 29.8 Å². The minimum absolute atomic E-state index is 0.160. The normalized spacial score (nSPS) is 16.7. The molecule has 1 aromatic heterocycles. The Bertz CT molecular complexity index is 658. The van der Waals surface area contributed by atoms with Crippen molar-refractivity contribution < 1.29 is 14.3 Å². The number of rotatable bonds is 3. The summed E-state index contributed by atoms with van der Waals surface area (Å²) in [7, 11) is 0. The maximum absolute atomic E-state index is 12.0. The molecular weight excluding hydrogens is 270 g/mol. The number of ether oxygens (including phenoxy) is 2. The summed E-state index contributed by atoms with van der Waals surface area (Å²) < 4.78 is 11.1. The van der Waals surface area contributed by atoms with E-state index in [0.29, 0.717) is 11.5 Å². The number of hydrogen-bond acceptors (Lipinski definition) is 5. The smallest absolute Gasteiger partial charge is 0.284 e. The topological polar surface area (TPSA) is 72.8 Å². The third-order valence-electron chi connectivity index (χ3n) is 2.90. The molecule has 0 fully saturated rings. The number of fused-ring (bicyclic) bond motifs is 1. The molecule has 0 spiro atoms. The SMILES string of the molecule is O=C(N/N=C/c1ccncc1)C1COc2ccccc2O1. The van der Waals surface area contributed by atoms with E-state index in [9.17, 15) is 4.79 Å². The molecule has 0 radical (unpaired) electrons. The van der Waals surface area contributed by atoms with Crippen LogP contribution in [-0.2, 0) is 4.79 Å². The molecule has 1 amide bonds. The van der Waals surface area contributed by atoms with E-state index in [4.69, 9.17) is 9.47 Å². The number of benzene rings is 1. The Morgan fingerprint density at radius 1 is 1.24 bits per heavy atom. The molecule has 0 saturated heterocycles. The Morgan fingerprint density at radius 2 is 2.00 bits per heavy atom. The third kappa shape index (κ3) is 3.17. The second kappa shape index (κ2) is 6.04. The molecule has 1 aliphatic heterocycles. The van der Waals surface area contributed by atoms with E-state index in [1.807, 2.05) is 12.1 Å². The average Bonchev–Trinajstić information content (AvgIpc) is 2.55. The van der Waals surface area contributed by atoms with Gasteiger partial charge in [0.2, 0.25) is 6.10 Å². The summed E-state index contributed by atoms with van der Waals surface area (Å²) in [6, 6.07) is 10.8. The lowest BCUT2D eigenvalue weighted by atomic mass is 10.2. The molecule has 3 rings (SSSR count). The molecule has 1 N–H and O–H groups in total. The van der Waals surface area contributed by atoms with E-state index < -0.39 is 6.10 Å². The minimum atomic E-state index is -0.713. The first-order valence-corrected chi connectivity index (χ1v) is 6.44. The van der Waals surface area contributed by atoms with Crippen LogP contribution in [0.3, 0.4) is 0 Å². The van der Waals surface area contributed by atoms with E-state index in [1.165, 1.54) is 6.21 Å². The lowest BCUT2D eigenvalue weighted by Crippen LogP contribution is -2.42. The minimum Gasteiger partial charge on any atom is -0.485 e. The van der Waals surface area contributed by atoms with Crippen molar-refractivity contribution in [1.29, 1.82) is 0 Å². The van der Waals surface area contributed by atoms with Gasteiger partial charge in [-0.1, -0.05) is 12.1 Å². The zero-order chi connectivity index (χ0) is 14.5. The van der Waals surface area contributed by atoms with Crippen LogP contribution in [0, 0.1) is 0 Å². The highest BCUT2D eigenvalue weighted by Crippen LogP contribution is 2.30. The molecule has 0 aliphatic carbocycles. The fourth-order valence-corrected chi connectivity index (χ4v) is 1.84. The summed E-state index contributed by atoms with van der Waals surface area (Å²) in [6.45, 7) is 0.160. The van der Waals surface area contributed by atoms with Crippen molar-refractivity contribution in [3.8, 4) is 11.5 Å². The van der Waals surface area contributed by atoms with Gasteiger partial charge < -0.3 is 9.47 Å². The zero-order valence-electron chi connectivity index (χ0n) is 11.1. The van der Waals surface area contributed by atoms with Gasteiger partial charge in [0, 0.05) is 12.4 Å². The maximum Gasteiger partial charge on any atom is 0.284 e. The fraction of sp³-hybridized carbons (Fsp3) is 0.133. The molecule has 1 aliphatic rings. The van der Waals surface area contributed by atoms with Gasteiger partial charge in [-0.25, -0.2) is 5.43 Å². The predicted octanol–water partition coefficient (Wildman–Crippen LogP) is 1.37. The molecule has 1 aromatic carbocycles. The molecule has 0 bridgehead atoms. The molecule has 2 heterocycles. The van der Waals surface area contributed by atoms with Crippen molar-refractivity contribution in [2.45, 2.75) is 6.10 Å². The molecule has 1 atom stereocenters. The van der Waals surface area contributed by atoms with Crippen molar-refractivity contribution in [2.75, 3.05) is 6.61 Å². The van der Waals surface area contributed by atoms with Crippen LogP contribution in [0.4, 0.5) is 0 Å². The Kier molecular flexibility index (Phi) is 3.77. The van der Waals surface area contributed by atoms with Gasteiger partial charge in [-0.05, 0) is 29.8 Å². The van der Waals surface area contributed by atoms with Gasteiger partial charge in [-0.3, -0.25) is 9.78 Å². The Morgan fingerprint density at radius 3 is 2.81 bits per heavy atom. The molecule has 106 valence electrons. The van der Waals surface area contributed by atoms with E-state index in [2.05, 4.69) is 15.5 Å². The second-order valence-corrected chi connectivity index (χ2v) is 4.38. The molecule has 6 nitrogen and oxygen atoms in total. The standard InChI is InChI=1S/C15H13N3O3/c19-15(18-17-9-11-5-7-16-8-6-11)14-10-20-12-3-1-2-4-13(12)21-14/h1-9,14H,10H2,(H,18,19)/b17-9+. The Labute approximate surface area is 121 Å². The lowest BCUT2D eigenvalue weighted by molar-refractivity contribution is -0.130. The number of para-hydroxylation sites is 2. The first-order chi connectivity index (χ1) is 10.3. The highest BCUT2D eigenvalue weighted by molar-refractivity contribution is 5.84. The van der Waals surface area contributed by atoms with E-state index >= 15 is 0 Å². The largest absolute Gasteiger partial charge is 0.485 e. The number of pyridine rings is 1. The second-order valence-electron chi connectivity index (χ2n) is 4.38. The highest BCUT2D eigenvalue weighted by Gasteiger charge is 2.26. The van der Waals surface area contributed by atoms with Crippen molar-refractivity contribution >= 4 is 12.1 Å². The predicted molar refractivity (Wildman–Crippen MR) is 76.3 cm³/mol. The highest BCUT2D eigenvalue weighted by atomic mass is 16.6. The van der Waals surface area contributed by atoms with Crippen LogP contribution in [0.2, 0.25) is 0 Å². The summed E-state index contributed by atoms with van der Waals surface area (Å²) >= 11 is 0. The van der Waals surface area contributed by atoms with Crippen molar-refractivity contribution in [2.24, 2.45) is 5.10 Å². The van der Waals surface area contributed by atoms with Gasteiger partial charge in [0.05, 0.1) is 6.21 Å². The van der Waals surface area contributed by atoms with Crippen LogP contribution in [0.15, 0.2) is 53.9 Å². The quantitative estimate of drug-likeness (QED) is 0.682. The molecular formula is C15H13N3O3. The summed E-state index contributed by atoms with van der Waals surface area (Å²) in [5, 5.41) is 3.88. The fourth-order valence-electron chi connectivity index (χ4n) is 1.84. The van der Waals surface area contributed by atoms with Crippen LogP contribution >= 0.6 is 0 Å². The van der Waals surface area contributed by atoms with Gasteiger partial charge in [0.25, 0.3) is 5.91 Å². The van der Waals surface area contributed by atoms with Crippen LogP contribution in [0.1, 0.15) is 5.56 Å². The van der Waals surface area contributed by atoms with E-state index in [1.54, 1.807) is 36.7 Å². The number of hydrogen-bond donors (Lipinski definition) is 1. The average molecular weight is 283 g/mol. The summed E-state index contributed by atoms with van der Waals surface area (Å²) in [4.78, 5) is 15.9. The first-order valence-electron chi connectivity index (χ1n) is 6.44. The van der Waals surface area contributed by atoms with Gasteiger partial charge >= 0.3 is 0 Å². The Hall–Kier alpha value is -2.89. The number of carbonyl (C=O) groups excluding carboxylic acids is 1. The number of hydrazone groups is 1. The monoisotopic (exact) mass is 283 g/mol. The van der Waals surface area contributed by atoms with Gasteiger partial charge in [-0.15, -0.1) is 0 Å². The summed E-state index contributed by atoms with van der Waals surface area (Å²) in [5.41, 5.74) is 3.28. The van der Waals surface area contributed by atoms with Gasteiger partial charge in [-0.2, -0.15) is 5.10 Å².